The Hall–Kier alpha value is -3.80. The number of hydrogen-bond acceptors (Lipinski definition) is 5. The summed E-state index contributed by atoms with van der Waals surface area (Å²) < 4.78 is 9.90. The van der Waals surface area contributed by atoms with Crippen LogP contribution in [0.1, 0.15) is 20.7 Å². The van der Waals surface area contributed by atoms with Gasteiger partial charge in [0.15, 0.2) is 0 Å². The number of methoxy groups -OCH3 is 2. The van der Waals surface area contributed by atoms with E-state index in [0.717, 1.165) is 11.4 Å². The minimum Gasteiger partial charge on any atom is -0.496 e. The van der Waals surface area contributed by atoms with Crippen molar-refractivity contribution in [3.8, 4) is 5.75 Å². The average Bonchev–Trinajstić information content (AvgIpc) is 2.75. The van der Waals surface area contributed by atoms with Gasteiger partial charge in [0.1, 0.15) is 5.75 Å². The van der Waals surface area contributed by atoms with Crippen molar-refractivity contribution in [2.75, 3.05) is 24.9 Å². The highest BCUT2D eigenvalue weighted by molar-refractivity contribution is 6.06. The number of anilines is 3. The van der Waals surface area contributed by atoms with E-state index < -0.39 is 0 Å². The second kappa shape index (κ2) is 8.73. The molecule has 0 saturated heterocycles. The summed E-state index contributed by atoms with van der Waals surface area (Å²) >= 11 is 0. The topological polar surface area (TPSA) is 76.7 Å². The van der Waals surface area contributed by atoms with Crippen LogP contribution in [0.2, 0.25) is 0 Å². The zero-order chi connectivity index (χ0) is 19.9. The summed E-state index contributed by atoms with van der Waals surface area (Å²) in [6.45, 7) is 0. The lowest BCUT2D eigenvalue weighted by Crippen LogP contribution is -2.13. The molecular weight excluding hydrogens is 356 g/mol. The van der Waals surface area contributed by atoms with Crippen molar-refractivity contribution in [1.82, 2.24) is 0 Å². The second-order valence-corrected chi connectivity index (χ2v) is 5.93. The summed E-state index contributed by atoms with van der Waals surface area (Å²) in [5.74, 6) is -0.0908. The average molecular weight is 376 g/mol. The fourth-order valence-electron chi connectivity index (χ4n) is 2.64. The molecule has 0 aliphatic rings. The van der Waals surface area contributed by atoms with Crippen molar-refractivity contribution in [3.05, 3.63) is 83.9 Å². The number of esters is 1. The van der Waals surface area contributed by atoms with Gasteiger partial charge < -0.3 is 20.1 Å². The first-order valence-electron chi connectivity index (χ1n) is 8.60. The van der Waals surface area contributed by atoms with E-state index in [1.807, 2.05) is 18.2 Å². The van der Waals surface area contributed by atoms with Gasteiger partial charge in [-0.2, -0.15) is 0 Å². The number of carbonyl (C=O) groups excluding carboxylic acids is 2. The lowest BCUT2D eigenvalue weighted by atomic mass is 10.1. The van der Waals surface area contributed by atoms with Crippen LogP contribution in [0, 0.1) is 0 Å². The van der Waals surface area contributed by atoms with Gasteiger partial charge in [-0.05, 0) is 60.7 Å². The number of amides is 1. The number of hydrogen-bond donors (Lipinski definition) is 2. The van der Waals surface area contributed by atoms with Gasteiger partial charge in [0, 0.05) is 17.1 Å². The molecule has 2 N–H and O–H groups in total. The highest BCUT2D eigenvalue weighted by Crippen LogP contribution is 2.22. The van der Waals surface area contributed by atoms with Crippen LogP contribution in [0.3, 0.4) is 0 Å². The van der Waals surface area contributed by atoms with Gasteiger partial charge in [-0.15, -0.1) is 0 Å². The number of benzene rings is 3. The summed E-state index contributed by atoms with van der Waals surface area (Å²) in [6.07, 6.45) is 0. The molecule has 0 saturated carbocycles. The first-order valence-corrected chi connectivity index (χ1v) is 8.60. The largest absolute Gasteiger partial charge is 0.496 e. The zero-order valence-corrected chi connectivity index (χ0v) is 15.6. The molecule has 142 valence electrons. The van der Waals surface area contributed by atoms with Crippen LogP contribution >= 0.6 is 0 Å². The van der Waals surface area contributed by atoms with Crippen molar-refractivity contribution in [2.45, 2.75) is 0 Å². The van der Waals surface area contributed by atoms with Gasteiger partial charge >= 0.3 is 5.97 Å². The maximum absolute atomic E-state index is 12.4. The third kappa shape index (κ3) is 4.48. The van der Waals surface area contributed by atoms with E-state index in [1.165, 1.54) is 14.2 Å². The van der Waals surface area contributed by atoms with Crippen LogP contribution in [0.5, 0.6) is 5.75 Å². The maximum atomic E-state index is 12.4. The molecule has 0 heterocycles. The summed E-state index contributed by atoms with van der Waals surface area (Å²) in [4.78, 5) is 23.9. The lowest BCUT2D eigenvalue weighted by Gasteiger charge is -2.11. The Labute approximate surface area is 163 Å². The van der Waals surface area contributed by atoms with E-state index in [4.69, 9.17) is 4.74 Å². The molecule has 0 atom stereocenters. The number of carbonyl (C=O) groups is 2. The predicted molar refractivity (Wildman–Crippen MR) is 108 cm³/mol. The fraction of sp³-hybridized carbons (Fsp3) is 0.0909. The van der Waals surface area contributed by atoms with E-state index >= 15 is 0 Å². The normalized spacial score (nSPS) is 10.1. The SMILES string of the molecule is COC(=O)c1ccc(Nc2ccc(NC(=O)c3ccccc3OC)cc2)cc1. The van der Waals surface area contributed by atoms with Crippen LogP contribution in [0.15, 0.2) is 72.8 Å². The van der Waals surface area contributed by atoms with Crippen molar-refractivity contribution in [3.63, 3.8) is 0 Å². The van der Waals surface area contributed by atoms with Crippen molar-refractivity contribution in [1.29, 1.82) is 0 Å². The highest BCUT2D eigenvalue weighted by atomic mass is 16.5. The molecule has 6 heteroatoms. The van der Waals surface area contributed by atoms with Crippen LogP contribution < -0.4 is 15.4 Å². The van der Waals surface area contributed by atoms with Crippen LogP contribution in [0.25, 0.3) is 0 Å². The summed E-state index contributed by atoms with van der Waals surface area (Å²) in [5.41, 5.74) is 3.31. The van der Waals surface area contributed by atoms with Gasteiger partial charge in [0.05, 0.1) is 25.3 Å². The molecule has 0 fully saturated rings. The van der Waals surface area contributed by atoms with Crippen LogP contribution in [0.4, 0.5) is 17.1 Å². The van der Waals surface area contributed by atoms with Crippen molar-refractivity contribution < 1.29 is 19.1 Å². The van der Waals surface area contributed by atoms with Crippen LogP contribution in [-0.2, 0) is 4.74 Å². The molecule has 3 aromatic rings. The molecule has 0 spiro atoms. The van der Waals surface area contributed by atoms with Gasteiger partial charge in [0.2, 0.25) is 0 Å². The molecule has 28 heavy (non-hydrogen) atoms. The van der Waals surface area contributed by atoms with Gasteiger partial charge in [-0.25, -0.2) is 4.79 Å². The molecule has 0 unspecified atom stereocenters. The first-order chi connectivity index (χ1) is 13.6. The molecule has 6 nitrogen and oxygen atoms in total. The van der Waals surface area contributed by atoms with E-state index in [1.54, 1.807) is 54.6 Å². The molecule has 1 amide bonds. The molecule has 3 aromatic carbocycles. The molecule has 3 rings (SSSR count). The van der Waals surface area contributed by atoms with Gasteiger partial charge in [-0.1, -0.05) is 12.1 Å². The molecule has 0 aliphatic heterocycles. The van der Waals surface area contributed by atoms with Gasteiger partial charge in [-0.3, -0.25) is 4.79 Å². The number of ether oxygens (including phenoxy) is 2. The molecule has 0 aliphatic carbocycles. The van der Waals surface area contributed by atoms with E-state index in [0.29, 0.717) is 22.6 Å². The Bertz CT molecular complexity index is 967. The maximum Gasteiger partial charge on any atom is 0.337 e. The quantitative estimate of drug-likeness (QED) is 0.621. The lowest BCUT2D eigenvalue weighted by molar-refractivity contribution is 0.0600. The zero-order valence-electron chi connectivity index (χ0n) is 15.6. The highest BCUT2D eigenvalue weighted by Gasteiger charge is 2.11. The third-order valence-electron chi connectivity index (χ3n) is 4.09. The Kier molecular flexibility index (Phi) is 5.91. The van der Waals surface area contributed by atoms with Crippen molar-refractivity contribution >= 4 is 28.9 Å². The Balaban J connectivity index is 1.65. The van der Waals surface area contributed by atoms with E-state index in [9.17, 15) is 9.59 Å². The number of rotatable bonds is 6. The van der Waals surface area contributed by atoms with Crippen molar-refractivity contribution in [2.24, 2.45) is 0 Å². The third-order valence-corrected chi connectivity index (χ3v) is 4.09. The standard InChI is InChI=1S/C22H20N2O4/c1-27-20-6-4-3-5-19(20)21(25)24-18-13-11-17(12-14-18)23-16-9-7-15(8-10-16)22(26)28-2/h3-14,23H,1-2H3,(H,24,25). The Morgan fingerprint density at radius 3 is 1.93 bits per heavy atom. The predicted octanol–water partition coefficient (Wildman–Crippen LogP) is 4.48. The molecule has 0 bridgehead atoms. The molecule has 0 radical (unpaired) electrons. The Morgan fingerprint density at radius 1 is 0.750 bits per heavy atom. The van der Waals surface area contributed by atoms with E-state index in [-0.39, 0.29) is 11.9 Å². The van der Waals surface area contributed by atoms with Crippen LogP contribution in [-0.4, -0.2) is 26.1 Å². The van der Waals surface area contributed by atoms with Gasteiger partial charge in [0.25, 0.3) is 5.91 Å². The second-order valence-electron chi connectivity index (χ2n) is 5.93. The number of nitrogens with one attached hydrogen (secondary N) is 2. The summed E-state index contributed by atoms with van der Waals surface area (Å²) in [5, 5.41) is 6.09. The minimum atomic E-state index is -0.373. The molecular formula is C22H20N2O4. The smallest absolute Gasteiger partial charge is 0.337 e. The minimum absolute atomic E-state index is 0.239. The monoisotopic (exact) mass is 376 g/mol. The first kappa shape index (κ1) is 19.0. The Morgan fingerprint density at radius 2 is 1.32 bits per heavy atom. The summed E-state index contributed by atoms with van der Waals surface area (Å²) in [7, 11) is 2.88. The summed E-state index contributed by atoms with van der Waals surface area (Å²) in [6, 6.07) is 21.3. The number of para-hydroxylation sites is 1. The molecule has 0 aromatic heterocycles. The van der Waals surface area contributed by atoms with E-state index in [2.05, 4.69) is 15.4 Å². The fourth-order valence-corrected chi connectivity index (χ4v) is 2.64.